The molecule has 2 aliphatic heterocycles. The van der Waals surface area contributed by atoms with Crippen LogP contribution in [0.4, 0.5) is 0 Å². The van der Waals surface area contributed by atoms with Gasteiger partial charge in [0.05, 0.1) is 0 Å². The number of amidine groups is 1. The van der Waals surface area contributed by atoms with Crippen molar-refractivity contribution in [3.63, 3.8) is 0 Å². The smallest absolute Gasteiger partial charge is 0.161 e. The first-order valence-electron chi connectivity index (χ1n) is 5.96. The van der Waals surface area contributed by atoms with Gasteiger partial charge in [0, 0.05) is 31.3 Å². The van der Waals surface area contributed by atoms with E-state index in [4.69, 9.17) is 0 Å². The zero-order chi connectivity index (χ0) is 11.4. The number of hydrogen-bond donors (Lipinski definition) is 0. The quantitative estimate of drug-likeness (QED) is 0.676. The second-order valence-corrected chi connectivity index (χ2v) is 4.34. The number of hydrogen-bond acceptors (Lipinski definition) is 3. The molecule has 0 atom stereocenters. The van der Waals surface area contributed by atoms with Gasteiger partial charge in [-0.1, -0.05) is 12.2 Å². The Balaban J connectivity index is 2.11. The van der Waals surface area contributed by atoms with Crippen LogP contribution in [0.15, 0.2) is 28.9 Å². The maximum atomic E-state index is 11.2. The first-order chi connectivity index (χ1) is 7.77. The molecule has 3 heteroatoms. The number of carbonyl (C=O) groups is 1. The second-order valence-electron chi connectivity index (χ2n) is 4.34. The Morgan fingerprint density at radius 2 is 2.06 bits per heavy atom. The van der Waals surface area contributed by atoms with Crippen molar-refractivity contribution in [2.45, 2.75) is 32.6 Å². The lowest BCUT2D eigenvalue weighted by molar-refractivity contribution is -0.113. The minimum absolute atomic E-state index is 0.0832. The fourth-order valence-electron chi connectivity index (χ4n) is 2.10. The lowest BCUT2D eigenvalue weighted by Crippen LogP contribution is -2.35. The van der Waals surface area contributed by atoms with Gasteiger partial charge in [-0.25, -0.2) is 4.99 Å². The average Bonchev–Trinajstić information content (AvgIpc) is 2.55. The molecular weight excluding hydrogens is 200 g/mol. The monoisotopic (exact) mass is 218 g/mol. The van der Waals surface area contributed by atoms with Crippen molar-refractivity contribution in [2.75, 3.05) is 13.1 Å². The normalized spacial score (nSPS) is 21.2. The molecule has 0 bridgehead atoms. The summed E-state index contributed by atoms with van der Waals surface area (Å²) < 4.78 is 0. The Morgan fingerprint density at radius 3 is 2.75 bits per heavy atom. The molecule has 1 fully saturated rings. The number of rotatable bonds is 1. The molecular formula is C13H18N2O. The Hall–Kier alpha value is -1.38. The van der Waals surface area contributed by atoms with E-state index in [2.05, 4.69) is 9.89 Å². The van der Waals surface area contributed by atoms with Gasteiger partial charge in [0.25, 0.3) is 0 Å². The predicted molar refractivity (Wildman–Crippen MR) is 65.4 cm³/mol. The highest BCUT2D eigenvalue weighted by Gasteiger charge is 2.14. The zero-order valence-corrected chi connectivity index (χ0v) is 9.78. The van der Waals surface area contributed by atoms with Crippen molar-refractivity contribution in [3.8, 4) is 0 Å². The molecule has 2 aliphatic rings. The standard InChI is InChI=1S/C13H18N2O/c1-11(16)12-6-5-7-13(14-10-12)15-8-3-2-4-9-15/h5-6,10H,2-4,7-9H2,1H3. The van der Waals surface area contributed by atoms with Crippen LogP contribution in [0.3, 0.4) is 0 Å². The molecule has 1 saturated heterocycles. The molecule has 0 amide bonds. The molecule has 0 aromatic rings. The average molecular weight is 218 g/mol. The third kappa shape index (κ3) is 2.60. The number of aliphatic imine (C=N–C) groups is 1. The first-order valence-corrected chi connectivity index (χ1v) is 5.96. The number of likely N-dealkylation sites (tertiary alicyclic amines) is 1. The number of piperidine rings is 1. The van der Waals surface area contributed by atoms with E-state index in [1.807, 2.05) is 12.2 Å². The molecule has 0 aromatic heterocycles. The summed E-state index contributed by atoms with van der Waals surface area (Å²) in [7, 11) is 0. The summed E-state index contributed by atoms with van der Waals surface area (Å²) in [6, 6.07) is 0. The van der Waals surface area contributed by atoms with E-state index < -0.39 is 0 Å². The van der Waals surface area contributed by atoms with Crippen molar-refractivity contribution >= 4 is 11.6 Å². The number of ketones is 1. The van der Waals surface area contributed by atoms with Gasteiger partial charge in [-0.3, -0.25) is 4.79 Å². The van der Waals surface area contributed by atoms with Crippen LogP contribution in [0.5, 0.6) is 0 Å². The van der Waals surface area contributed by atoms with E-state index >= 15 is 0 Å². The summed E-state index contributed by atoms with van der Waals surface area (Å²) in [6.45, 7) is 3.80. The van der Waals surface area contributed by atoms with Crippen molar-refractivity contribution < 1.29 is 4.79 Å². The van der Waals surface area contributed by atoms with E-state index in [0.717, 1.165) is 25.3 Å². The van der Waals surface area contributed by atoms with Crippen molar-refractivity contribution in [1.82, 2.24) is 4.90 Å². The summed E-state index contributed by atoms with van der Waals surface area (Å²) in [5, 5.41) is 0. The molecule has 0 aromatic carbocycles. The van der Waals surface area contributed by atoms with Crippen molar-refractivity contribution in [3.05, 3.63) is 23.9 Å². The SMILES string of the molecule is CC(=O)C1=CN=C(N2CCCCC2)CC=C1. The van der Waals surface area contributed by atoms with Gasteiger partial charge in [-0.15, -0.1) is 0 Å². The van der Waals surface area contributed by atoms with Gasteiger partial charge in [-0.05, 0) is 26.2 Å². The van der Waals surface area contributed by atoms with Crippen LogP contribution < -0.4 is 0 Å². The third-order valence-electron chi connectivity index (χ3n) is 3.08. The highest BCUT2D eigenvalue weighted by molar-refractivity contribution is 5.97. The van der Waals surface area contributed by atoms with Crippen molar-refractivity contribution in [2.24, 2.45) is 4.99 Å². The van der Waals surface area contributed by atoms with Crippen LogP contribution in [-0.2, 0) is 4.79 Å². The maximum Gasteiger partial charge on any atom is 0.161 e. The molecule has 0 radical (unpaired) electrons. The fourth-order valence-corrected chi connectivity index (χ4v) is 2.10. The lowest BCUT2D eigenvalue weighted by atomic mass is 10.1. The molecule has 0 N–H and O–H groups in total. The largest absolute Gasteiger partial charge is 0.360 e. The summed E-state index contributed by atoms with van der Waals surface area (Å²) in [4.78, 5) is 18.0. The molecule has 0 saturated carbocycles. The minimum atomic E-state index is 0.0832. The van der Waals surface area contributed by atoms with Gasteiger partial charge in [-0.2, -0.15) is 0 Å². The number of carbonyl (C=O) groups excluding carboxylic acids is 1. The Morgan fingerprint density at radius 1 is 1.31 bits per heavy atom. The highest BCUT2D eigenvalue weighted by Crippen LogP contribution is 2.14. The van der Waals surface area contributed by atoms with Gasteiger partial charge >= 0.3 is 0 Å². The summed E-state index contributed by atoms with van der Waals surface area (Å²) in [5.41, 5.74) is 0.701. The van der Waals surface area contributed by atoms with Gasteiger partial charge in [0.1, 0.15) is 5.84 Å². The number of Topliss-reactive ketones (excluding diaryl/α,β-unsaturated/α-hetero) is 1. The topological polar surface area (TPSA) is 32.7 Å². The van der Waals surface area contributed by atoms with Crippen LogP contribution in [0.2, 0.25) is 0 Å². The van der Waals surface area contributed by atoms with Gasteiger partial charge in [0.15, 0.2) is 5.78 Å². The van der Waals surface area contributed by atoms with E-state index in [1.54, 1.807) is 13.1 Å². The van der Waals surface area contributed by atoms with Gasteiger partial charge < -0.3 is 4.90 Å². The van der Waals surface area contributed by atoms with Crippen LogP contribution in [0.25, 0.3) is 0 Å². The van der Waals surface area contributed by atoms with Crippen LogP contribution in [0.1, 0.15) is 32.6 Å². The molecule has 2 rings (SSSR count). The summed E-state index contributed by atoms with van der Waals surface area (Å²) in [6.07, 6.45) is 10.3. The summed E-state index contributed by atoms with van der Waals surface area (Å²) in [5.74, 6) is 1.19. The van der Waals surface area contributed by atoms with Crippen LogP contribution in [0, 0.1) is 0 Å². The molecule has 0 aliphatic carbocycles. The molecule has 3 nitrogen and oxygen atoms in total. The fraction of sp³-hybridized carbons (Fsp3) is 0.538. The highest BCUT2D eigenvalue weighted by atomic mass is 16.1. The first kappa shape index (κ1) is 11.1. The van der Waals surface area contributed by atoms with E-state index in [-0.39, 0.29) is 5.78 Å². The zero-order valence-electron chi connectivity index (χ0n) is 9.78. The van der Waals surface area contributed by atoms with E-state index in [1.165, 1.54) is 19.3 Å². The molecule has 0 unspecified atom stereocenters. The van der Waals surface area contributed by atoms with Crippen LogP contribution in [-0.4, -0.2) is 29.6 Å². The second kappa shape index (κ2) is 5.10. The lowest BCUT2D eigenvalue weighted by Gasteiger charge is -2.29. The Labute approximate surface area is 96.5 Å². The molecule has 2 heterocycles. The molecule has 0 spiro atoms. The summed E-state index contributed by atoms with van der Waals surface area (Å²) >= 11 is 0. The van der Waals surface area contributed by atoms with Gasteiger partial charge in [0.2, 0.25) is 0 Å². The molecule has 16 heavy (non-hydrogen) atoms. The molecule has 86 valence electrons. The maximum absolute atomic E-state index is 11.2. The van der Waals surface area contributed by atoms with Crippen LogP contribution >= 0.6 is 0 Å². The number of allylic oxidation sites excluding steroid dienone is 2. The van der Waals surface area contributed by atoms with E-state index in [9.17, 15) is 4.79 Å². The predicted octanol–water partition coefficient (Wildman–Crippen LogP) is 2.30. The van der Waals surface area contributed by atoms with E-state index in [0.29, 0.717) is 5.57 Å². The third-order valence-corrected chi connectivity index (χ3v) is 3.08. The van der Waals surface area contributed by atoms with Crippen molar-refractivity contribution in [1.29, 1.82) is 0 Å². The Bertz CT molecular complexity index is 360. The minimum Gasteiger partial charge on any atom is -0.360 e. The Kier molecular flexibility index (Phi) is 3.54. The number of nitrogens with zero attached hydrogens (tertiary/aromatic N) is 2.